The Morgan fingerprint density at radius 2 is 1.78 bits per heavy atom. The summed E-state index contributed by atoms with van der Waals surface area (Å²) in [4.78, 5) is 25.1. The molecule has 0 atom stereocenters. The monoisotopic (exact) mass is 512 g/mol. The van der Waals surface area contributed by atoms with Gasteiger partial charge in [-0.2, -0.15) is 0 Å². The number of nitrogens with one attached hydrogen (secondary N) is 1. The Labute approximate surface area is 178 Å². The molecule has 0 bridgehead atoms. The summed E-state index contributed by atoms with van der Waals surface area (Å²) in [7, 11) is 0. The second kappa shape index (κ2) is 8.46. The smallest absolute Gasteiger partial charge is 0.328 e. The second-order valence-corrected chi connectivity index (χ2v) is 7.91. The summed E-state index contributed by atoms with van der Waals surface area (Å²) >= 11 is 12.9. The molecule has 1 heterocycles. The normalized spacial score (nSPS) is 15.4. The summed E-state index contributed by atoms with van der Waals surface area (Å²) in [5, 5.41) is 3.26. The molecule has 0 aliphatic carbocycles. The zero-order valence-electron chi connectivity index (χ0n) is 14.3. The molecule has 3 amide bonds. The predicted octanol–water partition coefficient (Wildman–Crippen LogP) is 5.36. The van der Waals surface area contributed by atoms with Crippen molar-refractivity contribution in [3.8, 4) is 5.75 Å². The first-order valence-corrected chi connectivity index (χ1v) is 10.1. The minimum atomic E-state index is -0.408. The molecule has 3 rings (SSSR count). The van der Waals surface area contributed by atoms with Gasteiger partial charge in [0, 0.05) is 11.6 Å². The molecule has 2 aromatic carbocycles. The fraction of sp³-hybridized carbons (Fsp3) is 0.158. The molecule has 140 valence electrons. The van der Waals surface area contributed by atoms with Crippen molar-refractivity contribution in [3.63, 3.8) is 0 Å². The lowest BCUT2D eigenvalue weighted by molar-refractivity contribution is -0.122. The topological polar surface area (TPSA) is 58.6 Å². The first-order valence-electron chi connectivity index (χ1n) is 8.10. The van der Waals surface area contributed by atoms with Crippen molar-refractivity contribution < 1.29 is 14.3 Å². The number of ether oxygens (including phenoxy) is 1. The van der Waals surface area contributed by atoms with Crippen molar-refractivity contribution in [2.24, 2.45) is 0 Å². The van der Waals surface area contributed by atoms with E-state index in [4.69, 9.17) is 16.3 Å². The van der Waals surface area contributed by atoms with Crippen molar-refractivity contribution in [3.05, 3.63) is 67.2 Å². The number of hydrogen-bond acceptors (Lipinski definition) is 3. The lowest BCUT2D eigenvalue weighted by Gasteiger charge is -2.12. The van der Waals surface area contributed by atoms with Gasteiger partial charge in [0.15, 0.2) is 0 Å². The molecular formula is C19H15Br2ClN2O3. The molecule has 27 heavy (non-hydrogen) atoms. The van der Waals surface area contributed by atoms with E-state index in [0.717, 1.165) is 25.0 Å². The van der Waals surface area contributed by atoms with E-state index in [1.54, 1.807) is 13.0 Å². The van der Waals surface area contributed by atoms with Crippen LogP contribution in [0.25, 0.3) is 6.08 Å². The summed E-state index contributed by atoms with van der Waals surface area (Å²) in [5.74, 6) is 0.307. The third kappa shape index (κ3) is 4.54. The Morgan fingerprint density at radius 1 is 1.15 bits per heavy atom. The van der Waals surface area contributed by atoms with Gasteiger partial charge in [0.1, 0.15) is 18.1 Å². The number of carbonyl (C=O) groups excluding carboxylic acids is 2. The molecule has 0 unspecified atom stereocenters. The van der Waals surface area contributed by atoms with Crippen molar-refractivity contribution in [2.45, 2.75) is 13.5 Å². The number of hydrogen-bond donors (Lipinski definition) is 1. The van der Waals surface area contributed by atoms with E-state index in [-0.39, 0.29) is 11.6 Å². The van der Waals surface area contributed by atoms with Crippen LogP contribution < -0.4 is 10.1 Å². The van der Waals surface area contributed by atoms with Gasteiger partial charge in [-0.25, -0.2) is 4.79 Å². The minimum Gasteiger partial charge on any atom is -0.487 e. The Bertz CT molecular complexity index is 906. The number of likely N-dealkylation sites (N-methyl/N-ethyl adjacent to an activating group) is 1. The van der Waals surface area contributed by atoms with Gasteiger partial charge < -0.3 is 10.1 Å². The number of imide groups is 1. The lowest BCUT2D eigenvalue weighted by Crippen LogP contribution is -2.30. The number of halogens is 3. The van der Waals surface area contributed by atoms with Gasteiger partial charge in [-0.15, -0.1) is 0 Å². The summed E-state index contributed by atoms with van der Waals surface area (Å²) in [5.41, 5.74) is 1.98. The van der Waals surface area contributed by atoms with Gasteiger partial charge in [-0.1, -0.05) is 23.7 Å². The molecule has 0 spiro atoms. The van der Waals surface area contributed by atoms with Gasteiger partial charge in [0.05, 0.1) is 8.95 Å². The Hall–Kier alpha value is -1.83. The van der Waals surface area contributed by atoms with Gasteiger partial charge >= 0.3 is 6.03 Å². The van der Waals surface area contributed by atoms with E-state index in [1.807, 2.05) is 36.4 Å². The molecule has 1 N–H and O–H groups in total. The highest BCUT2D eigenvalue weighted by Crippen LogP contribution is 2.36. The number of amides is 3. The van der Waals surface area contributed by atoms with Crippen LogP contribution in [-0.4, -0.2) is 23.4 Å². The van der Waals surface area contributed by atoms with E-state index in [9.17, 15) is 9.59 Å². The Balaban J connectivity index is 1.79. The number of carbonyl (C=O) groups is 2. The quantitative estimate of drug-likeness (QED) is 0.432. The molecule has 1 aliphatic rings. The fourth-order valence-electron chi connectivity index (χ4n) is 2.56. The Kier molecular flexibility index (Phi) is 6.24. The van der Waals surface area contributed by atoms with Crippen molar-refractivity contribution >= 4 is 61.5 Å². The number of nitrogens with zero attached hydrogens (tertiary/aromatic N) is 1. The van der Waals surface area contributed by atoms with Gasteiger partial charge in [0.2, 0.25) is 0 Å². The summed E-state index contributed by atoms with van der Waals surface area (Å²) in [6.07, 6.45) is 1.63. The van der Waals surface area contributed by atoms with Gasteiger partial charge in [-0.05, 0) is 80.3 Å². The van der Waals surface area contributed by atoms with Crippen LogP contribution in [-0.2, 0) is 11.4 Å². The number of urea groups is 1. The molecule has 5 nitrogen and oxygen atoms in total. The predicted molar refractivity (Wildman–Crippen MR) is 112 cm³/mol. The highest BCUT2D eigenvalue weighted by atomic mass is 79.9. The largest absolute Gasteiger partial charge is 0.487 e. The maximum absolute atomic E-state index is 12.2. The molecule has 8 heteroatoms. The molecule has 0 saturated carbocycles. The maximum atomic E-state index is 12.2. The average molecular weight is 515 g/mol. The molecule has 0 aromatic heterocycles. The number of rotatable bonds is 5. The summed E-state index contributed by atoms with van der Waals surface area (Å²) in [6, 6.07) is 10.7. The number of benzene rings is 2. The first kappa shape index (κ1) is 19.9. The first-order chi connectivity index (χ1) is 12.9. The molecule has 2 aromatic rings. The SMILES string of the molecule is CCN1C(=O)N/C(=C/c2cc(Br)c(OCc3ccc(Cl)cc3)c(Br)c2)C1=O. The molecule has 1 fully saturated rings. The van der Waals surface area contributed by atoms with E-state index < -0.39 is 6.03 Å². The maximum Gasteiger partial charge on any atom is 0.328 e. The summed E-state index contributed by atoms with van der Waals surface area (Å²) < 4.78 is 7.34. The second-order valence-electron chi connectivity index (χ2n) is 5.77. The zero-order valence-corrected chi connectivity index (χ0v) is 18.2. The van der Waals surface area contributed by atoms with Crippen LogP contribution in [0.5, 0.6) is 5.75 Å². The van der Waals surface area contributed by atoms with E-state index in [1.165, 1.54) is 0 Å². The van der Waals surface area contributed by atoms with Crippen LogP contribution in [0.4, 0.5) is 4.79 Å². The standard InChI is InChI=1S/C19H15Br2ClN2O3/c1-2-24-18(25)16(23-19(24)26)9-12-7-14(20)17(15(21)8-12)27-10-11-3-5-13(22)6-4-11/h3-9H,2,10H2,1H3,(H,23,26)/b16-9+. The molecule has 1 saturated heterocycles. The highest BCUT2D eigenvalue weighted by molar-refractivity contribution is 9.11. The van der Waals surface area contributed by atoms with E-state index in [2.05, 4.69) is 37.2 Å². The third-order valence-corrected chi connectivity index (χ3v) is 5.34. The highest BCUT2D eigenvalue weighted by Gasteiger charge is 2.32. The van der Waals surface area contributed by atoms with Crippen molar-refractivity contribution in [2.75, 3.05) is 6.54 Å². The zero-order chi connectivity index (χ0) is 19.6. The molecule has 0 radical (unpaired) electrons. The van der Waals surface area contributed by atoms with Crippen molar-refractivity contribution in [1.82, 2.24) is 10.2 Å². The van der Waals surface area contributed by atoms with Crippen LogP contribution in [0.15, 0.2) is 51.0 Å². The average Bonchev–Trinajstić information content (AvgIpc) is 2.88. The lowest BCUT2D eigenvalue weighted by atomic mass is 10.2. The van der Waals surface area contributed by atoms with E-state index >= 15 is 0 Å². The minimum absolute atomic E-state index is 0.246. The van der Waals surface area contributed by atoms with Crippen LogP contribution >= 0.6 is 43.5 Å². The van der Waals surface area contributed by atoms with Gasteiger partial charge in [0.25, 0.3) is 5.91 Å². The van der Waals surface area contributed by atoms with Crippen LogP contribution in [0.2, 0.25) is 5.02 Å². The van der Waals surface area contributed by atoms with E-state index in [0.29, 0.717) is 23.9 Å². The van der Waals surface area contributed by atoms with Gasteiger partial charge in [-0.3, -0.25) is 9.69 Å². The third-order valence-electron chi connectivity index (χ3n) is 3.91. The fourth-order valence-corrected chi connectivity index (χ4v) is 4.14. The Morgan fingerprint density at radius 3 is 2.33 bits per heavy atom. The molecule has 1 aliphatic heterocycles. The van der Waals surface area contributed by atoms with Crippen molar-refractivity contribution in [1.29, 1.82) is 0 Å². The molecular weight excluding hydrogens is 499 g/mol. The van der Waals surface area contributed by atoms with Crippen LogP contribution in [0, 0.1) is 0 Å². The summed E-state index contributed by atoms with van der Waals surface area (Å²) in [6.45, 7) is 2.46. The van der Waals surface area contributed by atoms with Crippen LogP contribution in [0.3, 0.4) is 0 Å². The van der Waals surface area contributed by atoms with Crippen LogP contribution in [0.1, 0.15) is 18.1 Å².